The fourth-order valence-electron chi connectivity index (χ4n) is 3.71. The lowest BCUT2D eigenvalue weighted by Crippen LogP contribution is -2.18. The van der Waals surface area contributed by atoms with E-state index in [9.17, 15) is 23.6 Å². The number of nitrogens with two attached hydrogens (primary N) is 1. The largest absolute Gasteiger partial charge is 0.364 e. The number of nitrogens with one attached hydrogen (secondary N) is 1. The molecular formula is C24H18F2N6O2. The summed E-state index contributed by atoms with van der Waals surface area (Å²) in [5.74, 6) is -2.72. The lowest BCUT2D eigenvalue weighted by atomic mass is 10.1. The molecule has 0 saturated carbocycles. The maximum Gasteiger partial charge on any atom is 0.267 e. The molecule has 0 radical (unpaired) electrons. The number of carbonyl (C=O) groups is 2. The summed E-state index contributed by atoms with van der Waals surface area (Å²) in [6, 6.07) is 11.1. The lowest BCUT2D eigenvalue weighted by Gasteiger charge is -2.11. The highest BCUT2D eigenvalue weighted by Crippen LogP contribution is 2.26. The van der Waals surface area contributed by atoms with Crippen LogP contribution in [0.25, 0.3) is 10.9 Å². The normalized spacial score (nSPS) is 10.8. The second-order valence-corrected chi connectivity index (χ2v) is 7.62. The van der Waals surface area contributed by atoms with Crippen LogP contribution in [0.5, 0.6) is 0 Å². The van der Waals surface area contributed by atoms with Crippen LogP contribution in [0.15, 0.2) is 42.5 Å². The summed E-state index contributed by atoms with van der Waals surface area (Å²) in [5, 5.41) is 16.4. The molecule has 0 atom stereocenters. The first-order chi connectivity index (χ1) is 16.2. The van der Waals surface area contributed by atoms with Gasteiger partial charge in [-0.3, -0.25) is 14.3 Å². The summed E-state index contributed by atoms with van der Waals surface area (Å²) < 4.78 is 29.6. The number of fused-ring (bicyclic) bond motifs is 1. The molecule has 0 saturated heterocycles. The van der Waals surface area contributed by atoms with E-state index in [1.807, 2.05) is 6.07 Å². The number of rotatable bonds is 5. The number of primary amides is 1. The van der Waals surface area contributed by atoms with Crippen LogP contribution in [0.2, 0.25) is 0 Å². The Morgan fingerprint density at radius 1 is 1.18 bits per heavy atom. The van der Waals surface area contributed by atoms with Crippen molar-refractivity contribution in [3.63, 3.8) is 0 Å². The first-order valence-electron chi connectivity index (χ1n) is 10.1. The molecule has 4 rings (SSSR count). The molecule has 0 spiro atoms. The Bertz CT molecular complexity index is 1520. The minimum atomic E-state index is -0.854. The van der Waals surface area contributed by atoms with Gasteiger partial charge in [-0.1, -0.05) is 12.1 Å². The Kier molecular flexibility index (Phi) is 5.77. The molecular weight excluding hydrogens is 442 g/mol. The zero-order valence-electron chi connectivity index (χ0n) is 18.2. The zero-order chi connectivity index (χ0) is 24.6. The molecule has 0 aliphatic heterocycles. The van der Waals surface area contributed by atoms with Crippen LogP contribution < -0.4 is 11.1 Å². The number of pyridine rings is 1. The second-order valence-electron chi connectivity index (χ2n) is 7.62. The lowest BCUT2D eigenvalue weighted by molar-refractivity contribution is 0.0996. The van der Waals surface area contributed by atoms with Gasteiger partial charge in [0, 0.05) is 5.39 Å². The standard InChI is InChI=1S/C24H18F2N6O2/c1-12-22(13(2)32(31-12)11-14-6-7-16(25)8-15(14)10-27)30-24(34)17-9-20(23(28)33)29-19-5-3-4-18(26)21(17)19/h3-9H,11H2,1-2H3,(H2,28,33)(H,30,34). The van der Waals surface area contributed by atoms with Gasteiger partial charge < -0.3 is 11.1 Å². The Hall–Kier alpha value is -4.65. The van der Waals surface area contributed by atoms with E-state index in [0.29, 0.717) is 22.6 Å². The van der Waals surface area contributed by atoms with Gasteiger partial charge in [0.1, 0.15) is 17.3 Å². The molecule has 0 bridgehead atoms. The highest BCUT2D eigenvalue weighted by molar-refractivity contribution is 6.14. The van der Waals surface area contributed by atoms with E-state index in [2.05, 4.69) is 15.4 Å². The van der Waals surface area contributed by atoms with Gasteiger partial charge in [-0.25, -0.2) is 13.8 Å². The molecule has 2 aromatic carbocycles. The summed E-state index contributed by atoms with van der Waals surface area (Å²) in [7, 11) is 0. The van der Waals surface area contributed by atoms with Gasteiger partial charge in [0.25, 0.3) is 11.8 Å². The van der Waals surface area contributed by atoms with Gasteiger partial charge >= 0.3 is 0 Å². The molecule has 0 aliphatic rings. The third-order valence-electron chi connectivity index (χ3n) is 5.41. The maximum absolute atomic E-state index is 14.6. The number of aryl methyl sites for hydroxylation is 1. The van der Waals surface area contributed by atoms with E-state index < -0.39 is 23.4 Å². The topological polar surface area (TPSA) is 127 Å². The number of nitriles is 1. The number of aromatic nitrogens is 3. The van der Waals surface area contributed by atoms with Crippen LogP contribution in [0.3, 0.4) is 0 Å². The van der Waals surface area contributed by atoms with Crippen molar-refractivity contribution in [2.75, 3.05) is 5.32 Å². The molecule has 4 aromatic rings. The quantitative estimate of drug-likeness (QED) is 0.471. The smallest absolute Gasteiger partial charge is 0.267 e. The highest BCUT2D eigenvalue weighted by Gasteiger charge is 2.21. The third-order valence-corrected chi connectivity index (χ3v) is 5.41. The van der Waals surface area contributed by atoms with Crippen LogP contribution in [0.4, 0.5) is 14.5 Å². The predicted molar refractivity (Wildman–Crippen MR) is 120 cm³/mol. The van der Waals surface area contributed by atoms with Gasteiger partial charge in [-0.05, 0) is 49.7 Å². The van der Waals surface area contributed by atoms with E-state index in [1.165, 1.54) is 30.3 Å². The molecule has 0 aliphatic carbocycles. The number of amides is 2. The summed E-state index contributed by atoms with van der Waals surface area (Å²) in [6.45, 7) is 3.56. The maximum atomic E-state index is 14.6. The number of halogens is 2. The third kappa shape index (κ3) is 4.06. The van der Waals surface area contributed by atoms with Crippen molar-refractivity contribution >= 4 is 28.4 Å². The second kappa shape index (κ2) is 8.71. The molecule has 2 aromatic heterocycles. The van der Waals surface area contributed by atoms with Crippen LogP contribution >= 0.6 is 0 Å². The molecule has 8 nitrogen and oxygen atoms in total. The van der Waals surface area contributed by atoms with E-state index in [-0.39, 0.29) is 34.3 Å². The van der Waals surface area contributed by atoms with Crippen molar-refractivity contribution in [2.45, 2.75) is 20.4 Å². The molecule has 3 N–H and O–H groups in total. The number of carbonyl (C=O) groups excluding carboxylic acids is 2. The van der Waals surface area contributed by atoms with Gasteiger partial charge in [-0.2, -0.15) is 10.4 Å². The molecule has 2 heterocycles. The molecule has 10 heteroatoms. The average molecular weight is 460 g/mol. The number of nitrogens with zero attached hydrogens (tertiary/aromatic N) is 4. The first kappa shape index (κ1) is 22.5. The fraction of sp³-hybridized carbons (Fsp3) is 0.125. The predicted octanol–water partition coefficient (Wildman–Crippen LogP) is 3.60. The van der Waals surface area contributed by atoms with E-state index in [0.717, 1.165) is 12.1 Å². The van der Waals surface area contributed by atoms with Crippen LogP contribution in [0, 0.1) is 36.8 Å². The van der Waals surface area contributed by atoms with Crippen molar-refractivity contribution in [1.29, 1.82) is 5.26 Å². The molecule has 2 amide bonds. The highest BCUT2D eigenvalue weighted by atomic mass is 19.1. The number of benzene rings is 2. The monoisotopic (exact) mass is 460 g/mol. The summed E-state index contributed by atoms with van der Waals surface area (Å²) in [5.41, 5.74) is 7.33. The van der Waals surface area contributed by atoms with Gasteiger partial charge in [0.15, 0.2) is 0 Å². The molecule has 34 heavy (non-hydrogen) atoms. The van der Waals surface area contributed by atoms with Crippen LogP contribution in [0.1, 0.15) is 43.4 Å². The summed E-state index contributed by atoms with van der Waals surface area (Å²) in [4.78, 5) is 28.9. The van der Waals surface area contributed by atoms with Crippen molar-refractivity contribution in [3.8, 4) is 6.07 Å². The SMILES string of the molecule is Cc1nn(Cc2ccc(F)cc2C#N)c(C)c1NC(=O)c1cc(C(N)=O)nc2cccc(F)c12. The zero-order valence-corrected chi connectivity index (χ0v) is 18.2. The Balaban J connectivity index is 1.72. The van der Waals surface area contributed by atoms with Crippen molar-refractivity contribution in [3.05, 3.63) is 87.9 Å². The Morgan fingerprint density at radius 2 is 1.94 bits per heavy atom. The minimum Gasteiger partial charge on any atom is -0.364 e. The summed E-state index contributed by atoms with van der Waals surface area (Å²) >= 11 is 0. The molecule has 170 valence electrons. The number of anilines is 1. The average Bonchev–Trinajstić information content (AvgIpc) is 3.06. The fourth-order valence-corrected chi connectivity index (χ4v) is 3.71. The number of hydrogen-bond donors (Lipinski definition) is 2. The van der Waals surface area contributed by atoms with Gasteiger partial charge in [0.05, 0.1) is 46.3 Å². The summed E-state index contributed by atoms with van der Waals surface area (Å²) in [6.07, 6.45) is 0. The molecule has 0 unspecified atom stereocenters. The first-order valence-corrected chi connectivity index (χ1v) is 10.1. The van der Waals surface area contributed by atoms with Crippen molar-refractivity contribution < 1.29 is 18.4 Å². The van der Waals surface area contributed by atoms with Gasteiger partial charge in [0.2, 0.25) is 0 Å². The van der Waals surface area contributed by atoms with E-state index >= 15 is 0 Å². The van der Waals surface area contributed by atoms with E-state index in [4.69, 9.17) is 5.73 Å². The van der Waals surface area contributed by atoms with Crippen LogP contribution in [-0.2, 0) is 6.54 Å². The Morgan fingerprint density at radius 3 is 2.65 bits per heavy atom. The van der Waals surface area contributed by atoms with Crippen LogP contribution in [-0.4, -0.2) is 26.6 Å². The molecule has 0 fully saturated rings. The number of hydrogen-bond acceptors (Lipinski definition) is 5. The van der Waals surface area contributed by atoms with Crippen molar-refractivity contribution in [2.24, 2.45) is 5.73 Å². The minimum absolute atomic E-state index is 0.0438. The Labute approximate surface area is 192 Å². The van der Waals surface area contributed by atoms with Crippen molar-refractivity contribution in [1.82, 2.24) is 14.8 Å². The van der Waals surface area contributed by atoms with Gasteiger partial charge in [-0.15, -0.1) is 0 Å². The van der Waals surface area contributed by atoms with E-state index in [1.54, 1.807) is 18.5 Å².